The van der Waals surface area contributed by atoms with Crippen LogP contribution in [-0.2, 0) is 0 Å². The molecule has 2 rings (SSSR count). The van der Waals surface area contributed by atoms with Gasteiger partial charge in [0.05, 0.1) is 5.02 Å². The lowest BCUT2D eigenvalue weighted by atomic mass is 10.2. The highest BCUT2D eigenvalue weighted by Crippen LogP contribution is 2.14. The van der Waals surface area contributed by atoms with E-state index >= 15 is 0 Å². The lowest BCUT2D eigenvalue weighted by molar-refractivity contribution is 0.414. The molecule has 3 nitrogen and oxygen atoms in total. The minimum Gasteiger partial charge on any atom is -0.366 e. The van der Waals surface area contributed by atoms with Crippen molar-refractivity contribution in [3.63, 3.8) is 0 Å². The molecule has 0 spiro atoms. The molecule has 1 unspecified atom stereocenters. The van der Waals surface area contributed by atoms with E-state index in [9.17, 15) is 0 Å². The summed E-state index contributed by atoms with van der Waals surface area (Å²) >= 11 is 5.75. The number of nitrogens with zero attached hydrogens (tertiary/aromatic N) is 2. The number of rotatable bonds is 2. The molecule has 1 saturated heterocycles. The van der Waals surface area contributed by atoms with Gasteiger partial charge in [0.1, 0.15) is 5.82 Å². The summed E-state index contributed by atoms with van der Waals surface area (Å²) < 4.78 is 0. The lowest BCUT2D eigenvalue weighted by Gasteiger charge is -2.13. The molecule has 1 fully saturated rings. The largest absolute Gasteiger partial charge is 0.366 e. The molecule has 14 heavy (non-hydrogen) atoms. The number of halogens is 1. The Balaban J connectivity index is 1.94. The van der Waals surface area contributed by atoms with E-state index in [1.54, 1.807) is 6.20 Å². The zero-order valence-electron chi connectivity index (χ0n) is 8.20. The van der Waals surface area contributed by atoms with Gasteiger partial charge < -0.3 is 10.2 Å². The molecule has 1 aromatic heterocycles. The van der Waals surface area contributed by atoms with Crippen molar-refractivity contribution in [3.8, 4) is 0 Å². The number of nitrogens with one attached hydrogen (secondary N) is 1. The molecule has 1 aliphatic rings. The first kappa shape index (κ1) is 9.74. The van der Waals surface area contributed by atoms with E-state index in [2.05, 4.69) is 22.2 Å². The number of aromatic nitrogens is 1. The maximum Gasteiger partial charge on any atom is 0.126 e. The Kier molecular flexibility index (Phi) is 2.89. The van der Waals surface area contributed by atoms with Crippen LogP contribution in [0.2, 0.25) is 5.02 Å². The third-order valence-electron chi connectivity index (χ3n) is 2.47. The van der Waals surface area contributed by atoms with Gasteiger partial charge in [-0.25, -0.2) is 4.98 Å². The summed E-state index contributed by atoms with van der Waals surface area (Å²) in [5, 5.41) is 4.07. The fraction of sp³-hybridized carbons (Fsp3) is 0.500. The maximum absolute atomic E-state index is 5.75. The van der Waals surface area contributed by atoms with Gasteiger partial charge in [-0.1, -0.05) is 11.6 Å². The van der Waals surface area contributed by atoms with Crippen LogP contribution in [0.4, 0.5) is 5.82 Å². The lowest BCUT2D eigenvalue weighted by Crippen LogP contribution is -2.23. The van der Waals surface area contributed by atoms with Gasteiger partial charge in [0.2, 0.25) is 0 Å². The first-order chi connectivity index (χ1) is 6.74. The van der Waals surface area contributed by atoms with Crippen LogP contribution < -0.4 is 5.32 Å². The third-order valence-corrected chi connectivity index (χ3v) is 2.69. The van der Waals surface area contributed by atoms with Gasteiger partial charge in [-0.3, -0.25) is 0 Å². The van der Waals surface area contributed by atoms with Gasteiger partial charge in [-0.2, -0.15) is 0 Å². The predicted molar refractivity (Wildman–Crippen MR) is 58.8 cm³/mol. The molecule has 4 heteroatoms. The smallest absolute Gasteiger partial charge is 0.126 e. The summed E-state index contributed by atoms with van der Waals surface area (Å²) in [5.74, 6) is 0.912. The van der Waals surface area contributed by atoms with Crippen LogP contribution in [0.25, 0.3) is 0 Å². The summed E-state index contributed by atoms with van der Waals surface area (Å²) in [6.07, 6.45) is 2.85. The quantitative estimate of drug-likeness (QED) is 0.810. The number of likely N-dealkylation sites (N-methyl/N-ethyl adjacent to an activating group) is 1. The zero-order valence-corrected chi connectivity index (χ0v) is 8.96. The number of hydrogen-bond acceptors (Lipinski definition) is 3. The Morgan fingerprint density at radius 1 is 1.57 bits per heavy atom. The van der Waals surface area contributed by atoms with Gasteiger partial charge >= 0.3 is 0 Å². The van der Waals surface area contributed by atoms with Crippen molar-refractivity contribution >= 4 is 17.4 Å². The summed E-state index contributed by atoms with van der Waals surface area (Å²) in [7, 11) is 2.14. The van der Waals surface area contributed by atoms with E-state index in [0.29, 0.717) is 11.1 Å². The highest BCUT2D eigenvalue weighted by molar-refractivity contribution is 6.30. The van der Waals surface area contributed by atoms with Crippen LogP contribution in [0.1, 0.15) is 6.42 Å². The minimum absolute atomic E-state index is 0.522. The van der Waals surface area contributed by atoms with E-state index in [0.717, 1.165) is 18.9 Å². The van der Waals surface area contributed by atoms with Crippen molar-refractivity contribution in [2.45, 2.75) is 12.5 Å². The molecule has 2 heterocycles. The maximum atomic E-state index is 5.75. The van der Waals surface area contributed by atoms with Gasteiger partial charge in [-0.05, 0) is 32.1 Å². The average Bonchev–Trinajstić information content (AvgIpc) is 2.56. The first-order valence-corrected chi connectivity index (χ1v) is 5.18. The monoisotopic (exact) mass is 211 g/mol. The molecular weight excluding hydrogens is 198 g/mol. The summed E-state index contributed by atoms with van der Waals surface area (Å²) in [6, 6.07) is 4.30. The van der Waals surface area contributed by atoms with Crippen molar-refractivity contribution in [2.24, 2.45) is 0 Å². The van der Waals surface area contributed by atoms with Crippen molar-refractivity contribution in [2.75, 3.05) is 25.5 Å². The highest BCUT2D eigenvalue weighted by Gasteiger charge is 2.18. The molecule has 1 N–H and O–H groups in total. The second-order valence-corrected chi connectivity index (χ2v) is 4.19. The van der Waals surface area contributed by atoms with Crippen molar-refractivity contribution in [3.05, 3.63) is 23.4 Å². The van der Waals surface area contributed by atoms with E-state index in [4.69, 9.17) is 11.6 Å². The molecule has 0 aromatic carbocycles. The van der Waals surface area contributed by atoms with Crippen LogP contribution in [0.15, 0.2) is 18.3 Å². The molecule has 1 atom stereocenters. The fourth-order valence-corrected chi connectivity index (χ4v) is 1.83. The van der Waals surface area contributed by atoms with Gasteiger partial charge in [0.25, 0.3) is 0 Å². The number of anilines is 1. The van der Waals surface area contributed by atoms with Crippen LogP contribution in [-0.4, -0.2) is 36.1 Å². The molecular formula is C10H14ClN3. The predicted octanol–water partition coefficient (Wildman–Crippen LogP) is 1.85. The SMILES string of the molecule is CN1CCC(Nc2ccc(Cl)cn2)C1. The second kappa shape index (κ2) is 4.15. The second-order valence-electron chi connectivity index (χ2n) is 3.75. The molecule has 0 radical (unpaired) electrons. The number of hydrogen-bond donors (Lipinski definition) is 1. The average molecular weight is 212 g/mol. The van der Waals surface area contributed by atoms with Crippen LogP contribution in [0.5, 0.6) is 0 Å². The van der Waals surface area contributed by atoms with Crippen LogP contribution in [0, 0.1) is 0 Å². The van der Waals surface area contributed by atoms with Crippen LogP contribution in [0.3, 0.4) is 0 Å². The van der Waals surface area contributed by atoms with Gasteiger partial charge in [-0.15, -0.1) is 0 Å². The fourth-order valence-electron chi connectivity index (χ4n) is 1.72. The Bertz CT molecular complexity index is 299. The Hall–Kier alpha value is -0.800. The molecule has 0 aliphatic carbocycles. The molecule has 76 valence electrons. The highest BCUT2D eigenvalue weighted by atomic mass is 35.5. The summed E-state index contributed by atoms with van der Waals surface area (Å²) in [5.41, 5.74) is 0. The summed E-state index contributed by atoms with van der Waals surface area (Å²) in [6.45, 7) is 2.25. The van der Waals surface area contributed by atoms with E-state index in [1.807, 2.05) is 12.1 Å². The Labute approximate surface area is 89.1 Å². The van der Waals surface area contributed by atoms with E-state index in [1.165, 1.54) is 6.42 Å². The third kappa shape index (κ3) is 2.36. The zero-order chi connectivity index (χ0) is 9.97. The Morgan fingerprint density at radius 3 is 3.00 bits per heavy atom. The molecule has 1 aromatic rings. The molecule has 0 saturated carbocycles. The van der Waals surface area contributed by atoms with Crippen molar-refractivity contribution in [1.82, 2.24) is 9.88 Å². The molecule has 0 bridgehead atoms. The van der Waals surface area contributed by atoms with Crippen LogP contribution >= 0.6 is 11.6 Å². The van der Waals surface area contributed by atoms with Gasteiger partial charge in [0, 0.05) is 18.8 Å². The van der Waals surface area contributed by atoms with Gasteiger partial charge in [0.15, 0.2) is 0 Å². The molecule has 0 amide bonds. The molecule has 1 aliphatic heterocycles. The van der Waals surface area contributed by atoms with Crippen molar-refractivity contribution < 1.29 is 0 Å². The van der Waals surface area contributed by atoms with E-state index in [-0.39, 0.29) is 0 Å². The Morgan fingerprint density at radius 2 is 2.43 bits per heavy atom. The normalized spacial score (nSPS) is 22.6. The first-order valence-electron chi connectivity index (χ1n) is 4.80. The topological polar surface area (TPSA) is 28.2 Å². The minimum atomic E-state index is 0.522. The summed E-state index contributed by atoms with van der Waals surface area (Å²) in [4.78, 5) is 6.52. The number of pyridine rings is 1. The van der Waals surface area contributed by atoms with E-state index < -0.39 is 0 Å². The van der Waals surface area contributed by atoms with Crippen molar-refractivity contribution in [1.29, 1.82) is 0 Å². The number of likely N-dealkylation sites (tertiary alicyclic amines) is 1. The standard InChI is InChI=1S/C10H14ClN3/c1-14-5-4-9(7-14)13-10-3-2-8(11)6-12-10/h2-3,6,9H,4-5,7H2,1H3,(H,12,13).